The molecule has 2 heterocycles. The van der Waals surface area contributed by atoms with Crippen molar-refractivity contribution in [1.82, 2.24) is 9.55 Å². The standard InChI is InChI=1S/C19H22N4O3S/c1-9-6-7-14(27(5,25)26)11(3)16(9)23-17(20)15(18(21)24)13-8-10(2)12(4)22-19(13)23/h6-8H,20H2,1-5H3,(H2,21,24). The number of aromatic nitrogens is 2. The lowest BCUT2D eigenvalue weighted by atomic mass is 10.1. The molecule has 27 heavy (non-hydrogen) atoms. The van der Waals surface area contributed by atoms with Gasteiger partial charge in [-0.05, 0) is 56.5 Å². The number of anilines is 1. The van der Waals surface area contributed by atoms with E-state index in [1.807, 2.05) is 26.8 Å². The predicted molar refractivity (Wildman–Crippen MR) is 106 cm³/mol. The molecule has 8 heteroatoms. The minimum Gasteiger partial charge on any atom is -0.384 e. The molecule has 3 aromatic rings. The monoisotopic (exact) mass is 386 g/mol. The largest absolute Gasteiger partial charge is 0.384 e. The first-order valence-corrected chi connectivity index (χ1v) is 10.2. The van der Waals surface area contributed by atoms with E-state index in [4.69, 9.17) is 11.5 Å². The van der Waals surface area contributed by atoms with Crippen molar-refractivity contribution in [3.05, 3.63) is 46.1 Å². The van der Waals surface area contributed by atoms with E-state index in [9.17, 15) is 13.2 Å². The van der Waals surface area contributed by atoms with Gasteiger partial charge in [-0.2, -0.15) is 0 Å². The van der Waals surface area contributed by atoms with Gasteiger partial charge >= 0.3 is 0 Å². The Morgan fingerprint density at radius 3 is 2.30 bits per heavy atom. The van der Waals surface area contributed by atoms with Crippen LogP contribution in [0.3, 0.4) is 0 Å². The van der Waals surface area contributed by atoms with Crippen LogP contribution in [0.25, 0.3) is 16.7 Å². The van der Waals surface area contributed by atoms with Crippen molar-refractivity contribution in [3.8, 4) is 5.69 Å². The summed E-state index contributed by atoms with van der Waals surface area (Å²) in [4.78, 5) is 16.9. The molecule has 0 bridgehead atoms. The van der Waals surface area contributed by atoms with Crippen LogP contribution in [-0.4, -0.2) is 30.1 Å². The van der Waals surface area contributed by atoms with Crippen LogP contribution in [0.15, 0.2) is 23.1 Å². The molecule has 0 saturated heterocycles. The number of nitrogens with zero attached hydrogens (tertiary/aromatic N) is 2. The average molecular weight is 386 g/mol. The van der Waals surface area contributed by atoms with Gasteiger partial charge in [-0.25, -0.2) is 13.4 Å². The molecule has 2 aromatic heterocycles. The molecule has 142 valence electrons. The van der Waals surface area contributed by atoms with Gasteiger partial charge in [0.25, 0.3) is 5.91 Å². The molecule has 0 aliphatic carbocycles. The summed E-state index contributed by atoms with van der Waals surface area (Å²) in [6.45, 7) is 7.32. The molecule has 0 radical (unpaired) electrons. The Kier molecular flexibility index (Phi) is 4.26. The van der Waals surface area contributed by atoms with Crippen LogP contribution in [0.1, 0.15) is 32.7 Å². The van der Waals surface area contributed by atoms with E-state index in [2.05, 4.69) is 4.98 Å². The number of fused-ring (bicyclic) bond motifs is 1. The molecule has 4 N–H and O–H groups in total. The second-order valence-electron chi connectivity index (χ2n) is 6.85. The maximum atomic E-state index is 12.2. The number of pyridine rings is 1. The third kappa shape index (κ3) is 2.86. The smallest absolute Gasteiger partial charge is 0.253 e. The van der Waals surface area contributed by atoms with Crippen molar-refractivity contribution < 1.29 is 13.2 Å². The zero-order chi connectivity index (χ0) is 20.3. The van der Waals surface area contributed by atoms with Crippen LogP contribution in [0.4, 0.5) is 5.82 Å². The van der Waals surface area contributed by atoms with E-state index < -0.39 is 15.7 Å². The second-order valence-corrected chi connectivity index (χ2v) is 8.83. The van der Waals surface area contributed by atoms with Crippen LogP contribution < -0.4 is 11.5 Å². The lowest BCUT2D eigenvalue weighted by Crippen LogP contribution is -2.14. The normalized spacial score (nSPS) is 11.9. The highest BCUT2D eigenvalue weighted by atomic mass is 32.2. The average Bonchev–Trinajstić information content (AvgIpc) is 2.79. The number of amides is 1. The molecule has 0 atom stereocenters. The van der Waals surface area contributed by atoms with Crippen molar-refractivity contribution >= 4 is 32.6 Å². The molecule has 0 unspecified atom stereocenters. The molecule has 0 saturated carbocycles. The second kappa shape index (κ2) is 6.09. The van der Waals surface area contributed by atoms with E-state index in [1.165, 1.54) is 0 Å². The van der Waals surface area contributed by atoms with E-state index in [0.29, 0.717) is 22.3 Å². The van der Waals surface area contributed by atoms with Crippen LogP contribution in [-0.2, 0) is 9.84 Å². The zero-order valence-electron chi connectivity index (χ0n) is 15.9. The fourth-order valence-electron chi connectivity index (χ4n) is 3.46. The Morgan fingerprint density at radius 1 is 1.11 bits per heavy atom. The number of hydrogen-bond donors (Lipinski definition) is 2. The van der Waals surface area contributed by atoms with Crippen molar-refractivity contribution in [3.63, 3.8) is 0 Å². The zero-order valence-corrected chi connectivity index (χ0v) is 16.7. The minimum atomic E-state index is -3.44. The number of aryl methyl sites for hydroxylation is 3. The number of rotatable bonds is 3. The van der Waals surface area contributed by atoms with Crippen LogP contribution in [0.5, 0.6) is 0 Å². The highest BCUT2D eigenvalue weighted by Gasteiger charge is 2.25. The molecule has 7 nitrogen and oxygen atoms in total. The molecule has 0 fully saturated rings. The van der Waals surface area contributed by atoms with Gasteiger partial charge in [0.2, 0.25) is 0 Å². The fourth-order valence-corrected chi connectivity index (χ4v) is 4.43. The maximum absolute atomic E-state index is 12.2. The summed E-state index contributed by atoms with van der Waals surface area (Å²) >= 11 is 0. The Morgan fingerprint density at radius 2 is 1.74 bits per heavy atom. The number of carbonyl (C=O) groups excluding carboxylic acids is 1. The van der Waals surface area contributed by atoms with Gasteiger partial charge in [-0.3, -0.25) is 9.36 Å². The molecule has 1 aromatic carbocycles. The van der Waals surface area contributed by atoms with Crippen LogP contribution >= 0.6 is 0 Å². The highest BCUT2D eigenvalue weighted by molar-refractivity contribution is 7.90. The van der Waals surface area contributed by atoms with Crippen molar-refractivity contribution in [1.29, 1.82) is 0 Å². The van der Waals surface area contributed by atoms with Gasteiger partial charge in [-0.15, -0.1) is 0 Å². The molecule has 0 spiro atoms. The van der Waals surface area contributed by atoms with E-state index in [1.54, 1.807) is 23.6 Å². The fraction of sp³-hybridized carbons (Fsp3) is 0.263. The Bertz CT molecular complexity index is 1220. The SMILES string of the molecule is Cc1cc2c(C(N)=O)c(N)n(-c3c(C)ccc(S(C)(=O)=O)c3C)c2nc1C. The quantitative estimate of drug-likeness (QED) is 0.715. The molecule has 1 amide bonds. The summed E-state index contributed by atoms with van der Waals surface area (Å²) in [5.74, 6) is -0.511. The third-order valence-electron chi connectivity index (χ3n) is 4.88. The molecule has 3 rings (SSSR count). The third-order valence-corrected chi connectivity index (χ3v) is 6.12. The number of nitrogens with two attached hydrogens (primary N) is 2. The highest BCUT2D eigenvalue weighted by Crippen LogP contribution is 2.35. The molecular formula is C19H22N4O3S. The van der Waals surface area contributed by atoms with Gasteiger partial charge in [0.15, 0.2) is 9.84 Å². The Balaban J connectivity index is 2.56. The first kappa shape index (κ1) is 18.9. The molecule has 0 aliphatic heterocycles. The minimum absolute atomic E-state index is 0.145. The van der Waals surface area contributed by atoms with E-state index in [0.717, 1.165) is 23.1 Å². The summed E-state index contributed by atoms with van der Waals surface area (Å²) < 4.78 is 26.0. The predicted octanol–water partition coefficient (Wildman–Crippen LogP) is 2.34. The number of sulfone groups is 1. The number of benzene rings is 1. The summed E-state index contributed by atoms with van der Waals surface area (Å²) in [6, 6.07) is 5.12. The van der Waals surface area contributed by atoms with E-state index >= 15 is 0 Å². The molecular weight excluding hydrogens is 364 g/mol. The summed E-state index contributed by atoms with van der Waals surface area (Å²) in [5, 5.41) is 0.548. The number of hydrogen-bond acceptors (Lipinski definition) is 5. The van der Waals surface area contributed by atoms with Crippen molar-refractivity contribution in [2.24, 2.45) is 5.73 Å². The maximum Gasteiger partial charge on any atom is 0.253 e. The number of primary amides is 1. The first-order valence-electron chi connectivity index (χ1n) is 8.33. The Hall–Kier alpha value is -2.87. The van der Waals surface area contributed by atoms with E-state index in [-0.39, 0.29) is 16.3 Å². The topological polar surface area (TPSA) is 121 Å². The molecule has 0 aliphatic rings. The summed E-state index contributed by atoms with van der Waals surface area (Å²) in [7, 11) is -3.44. The number of carbonyl (C=O) groups is 1. The van der Waals surface area contributed by atoms with Gasteiger partial charge in [0.1, 0.15) is 11.5 Å². The first-order chi connectivity index (χ1) is 12.4. The number of nitrogen functional groups attached to an aromatic ring is 1. The van der Waals surface area contributed by atoms with Crippen LogP contribution in [0, 0.1) is 27.7 Å². The van der Waals surface area contributed by atoms with Gasteiger partial charge in [-0.1, -0.05) is 6.07 Å². The van der Waals surface area contributed by atoms with Gasteiger partial charge < -0.3 is 11.5 Å². The lowest BCUT2D eigenvalue weighted by molar-refractivity contribution is 0.100. The van der Waals surface area contributed by atoms with Gasteiger partial charge in [0, 0.05) is 17.3 Å². The van der Waals surface area contributed by atoms with Crippen molar-refractivity contribution in [2.45, 2.75) is 32.6 Å². The van der Waals surface area contributed by atoms with Crippen LogP contribution in [0.2, 0.25) is 0 Å². The summed E-state index contributed by atoms with van der Waals surface area (Å²) in [5.41, 5.74) is 16.2. The Labute approximate surface area is 157 Å². The lowest BCUT2D eigenvalue weighted by Gasteiger charge is -2.17. The summed E-state index contributed by atoms with van der Waals surface area (Å²) in [6.07, 6.45) is 1.16. The van der Waals surface area contributed by atoms with Gasteiger partial charge in [0.05, 0.1) is 16.1 Å². The van der Waals surface area contributed by atoms with Crippen molar-refractivity contribution in [2.75, 3.05) is 12.0 Å².